The molecule has 1 aliphatic heterocycles. The molecule has 6 nitrogen and oxygen atoms in total. The summed E-state index contributed by atoms with van der Waals surface area (Å²) in [7, 11) is 1.63. The molecule has 0 fully saturated rings. The SMILES string of the molecule is C=CCONC(=O)N1CC(C)C(COC)=C[C@H]1CO. The summed E-state index contributed by atoms with van der Waals surface area (Å²) in [4.78, 5) is 18.4. The monoisotopic (exact) mass is 270 g/mol. The largest absolute Gasteiger partial charge is 0.394 e. The van der Waals surface area contributed by atoms with Crippen molar-refractivity contribution < 1.29 is 19.5 Å². The highest BCUT2D eigenvalue weighted by Gasteiger charge is 2.29. The lowest BCUT2D eigenvalue weighted by molar-refractivity contribution is 0.0514. The average molecular weight is 270 g/mol. The second-order valence-corrected chi connectivity index (χ2v) is 4.48. The summed E-state index contributed by atoms with van der Waals surface area (Å²) in [5.74, 6) is 0.188. The fourth-order valence-electron chi connectivity index (χ4n) is 2.01. The van der Waals surface area contributed by atoms with Crippen LogP contribution in [0.1, 0.15) is 6.92 Å². The van der Waals surface area contributed by atoms with Gasteiger partial charge in [0, 0.05) is 13.7 Å². The lowest BCUT2D eigenvalue weighted by atomic mass is 9.94. The Morgan fingerprint density at radius 2 is 2.47 bits per heavy atom. The van der Waals surface area contributed by atoms with E-state index in [2.05, 4.69) is 12.1 Å². The molecule has 0 saturated heterocycles. The molecule has 0 spiro atoms. The van der Waals surface area contributed by atoms with Crippen molar-refractivity contribution in [3.05, 3.63) is 24.3 Å². The molecule has 6 heteroatoms. The minimum Gasteiger partial charge on any atom is -0.394 e. The summed E-state index contributed by atoms with van der Waals surface area (Å²) in [6, 6.07) is -0.714. The van der Waals surface area contributed by atoms with Crippen molar-refractivity contribution in [1.29, 1.82) is 0 Å². The zero-order valence-corrected chi connectivity index (χ0v) is 11.5. The quantitative estimate of drug-likeness (QED) is 0.423. The van der Waals surface area contributed by atoms with Gasteiger partial charge in [-0.1, -0.05) is 19.1 Å². The second-order valence-electron chi connectivity index (χ2n) is 4.48. The zero-order chi connectivity index (χ0) is 14.3. The van der Waals surface area contributed by atoms with Crippen molar-refractivity contribution >= 4 is 6.03 Å². The minimum atomic E-state index is -0.361. The maximum Gasteiger partial charge on any atom is 0.341 e. The van der Waals surface area contributed by atoms with Crippen LogP contribution in [0.4, 0.5) is 4.79 Å². The van der Waals surface area contributed by atoms with Gasteiger partial charge in [-0.2, -0.15) is 0 Å². The van der Waals surface area contributed by atoms with Crippen LogP contribution in [0.3, 0.4) is 0 Å². The van der Waals surface area contributed by atoms with E-state index in [4.69, 9.17) is 9.57 Å². The molecule has 2 amide bonds. The average Bonchev–Trinajstić information content (AvgIpc) is 2.41. The third kappa shape index (κ3) is 4.34. The standard InChI is InChI=1S/C13H22N2O4/c1-4-5-19-14-13(17)15-7-10(2)11(9-18-3)6-12(15)8-16/h4,6,10,12,16H,1,5,7-9H2,2-3H3,(H,14,17)/t10?,12-/m0/s1. The third-order valence-electron chi connectivity index (χ3n) is 3.03. The van der Waals surface area contributed by atoms with Gasteiger partial charge in [-0.15, -0.1) is 6.58 Å². The van der Waals surface area contributed by atoms with E-state index in [9.17, 15) is 9.90 Å². The molecule has 0 aliphatic carbocycles. The van der Waals surface area contributed by atoms with Crippen LogP contribution in [0.25, 0.3) is 0 Å². The van der Waals surface area contributed by atoms with E-state index in [0.717, 1.165) is 5.57 Å². The predicted octanol–water partition coefficient (Wildman–Crippen LogP) is 0.699. The van der Waals surface area contributed by atoms with Gasteiger partial charge in [0.05, 0.1) is 25.9 Å². The number of nitrogens with one attached hydrogen (secondary N) is 1. The highest BCUT2D eigenvalue weighted by atomic mass is 16.7. The van der Waals surface area contributed by atoms with Crippen molar-refractivity contribution in [2.45, 2.75) is 13.0 Å². The number of urea groups is 1. The Balaban J connectivity index is 2.68. The minimum absolute atomic E-state index is 0.130. The van der Waals surface area contributed by atoms with Crippen molar-refractivity contribution in [1.82, 2.24) is 10.4 Å². The molecule has 1 aliphatic rings. The molecule has 19 heavy (non-hydrogen) atoms. The normalized spacial score (nSPS) is 22.9. The van der Waals surface area contributed by atoms with Gasteiger partial charge >= 0.3 is 6.03 Å². The number of aliphatic hydroxyl groups excluding tert-OH is 1. The number of hydroxylamine groups is 1. The maximum absolute atomic E-state index is 11.9. The van der Waals surface area contributed by atoms with E-state index in [1.54, 1.807) is 18.1 Å². The molecule has 0 aromatic rings. The van der Waals surface area contributed by atoms with Crippen molar-refractivity contribution in [3.8, 4) is 0 Å². The fourth-order valence-corrected chi connectivity index (χ4v) is 2.01. The van der Waals surface area contributed by atoms with Crippen LogP contribution < -0.4 is 5.48 Å². The molecule has 0 aromatic carbocycles. The van der Waals surface area contributed by atoms with Gasteiger partial charge in [0.15, 0.2) is 0 Å². The molecule has 1 heterocycles. The molecule has 0 bridgehead atoms. The summed E-state index contributed by atoms with van der Waals surface area (Å²) in [6.45, 7) is 6.65. The maximum atomic E-state index is 11.9. The van der Waals surface area contributed by atoms with Gasteiger partial charge in [-0.05, 0) is 11.5 Å². The molecule has 2 N–H and O–H groups in total. The number of ether oxygens (including phenoxy) is 1. The summed E-state index contributed by atoms with van der Waals surface area (Å²) in [5, 5.41) is 9.39. The molecule has 108 valence electrons. The molecular weight excluding hydrogens is 248 g/mol. The summed E-state index contributed by atoms with van der Waals surface area (Å²) in [5.41, 5.74) is 3.42. The van der Waals surface area contributed by atoms with Crippen LogP contribution in [-0.4, -0.2) is 55.6 Å². The van der Waals surface area contributed by atoms with Gasteiger partial charge in [0.25, 0.3) is 0 Å². The number of hydrogen-bond acceptors (Lipinski definition) is 4. The van der Waals surface area contributed by atoms with Crippen LogP contribution >= 0.6 is 0 Å². The Kier molecular flexibility index (Phi) is 6.55. The summed E-state index contributed by atoms with van der Waals surface area (Å²) in [6.07, 6.45) is 3.42. The van der Waals surface area contributed by atoms with Crippen molar-refractivity contribution in [3.63, 3.8) is 0 Å². The van der Waals surface area contributed by atoms with E-state index >= 15 is 0 Å². The van der Waals surface area contributed by atoms with Gasteiger partial charge in [-0.25, -0.2) is 10.3 Å². The number of hydrogen-bond donors (Lipinski definition) is 2. The van der Waals surface area contributed by atoms with Crippen LogP contribution in [0.15, 0.2) is 24.3 Å². The lowest BCUT2D eigenvalue weighted by Crippen LogP contribution is -2.51. The Labute approximate surface area is 113 Å². The molecular formula is C13H22N2O4. The molecule has 0 aromatic heterocycles. The Morgan fingerprint density at radius 1 is 1.74 bits per heavy atom. The van der Waals surface area contributed by atoms with Crippen LogP contribution in [0.5, 0.6) is 0 Å². The molecule has 1 rings (SSSR count). The fraction of sp³-hybridized carbons (Fsp3) is 0.615. The number of aliphatic hydroxyl groups is 1. The van der Waals surface area contributed by atoms with Crippen LogP contribution in [0.2, 0.25) is 0 Å². The Morgan fingerprint density at radius 3 is 3.05 bits per heavy atom. The van der Waals surface area contributed by atoms with Gasteiger partial charge < -0.3 is 14.7 Å². The predicted molar refractivity (Wildman–Crippen MR) is 71.4 cm³/mol. The first-order chi connectivity index (χ1) is 9.13. The smallest absolute Gasteiger partial charge is 0.341 e. The molecule has 1 unspecified atom stereocenters. The van der Waals surface area contributed by atoms with Crippen molar-refractivity contribution in [2.24, 2.45) is 5.92 Å². The number of nitrogens with zero attached hydrogens (tertiary/aromatic N) is 1. The van der Waals surface area contributed by atoms with Crippen LogP contribution in [0, 0.1) is 5.92 Å². The van der Waals surface area contributed by atoms with Gasteiger partial charge in [0.1, 0.15) is 0 Å². The van der Waals surface area contributed by atoms with Gasteiger partial charge in [0.2, 0.25) is 0 Å². The van der Waals surface area contributed by atoms with E-state index in [1.807, 2.05) is 13.0 Å². The summed E-state index contributed by atoms with van der Waals surface area (Å²) < 4.78 is 5.11. The van der Waals surface area contributed by atoms with E-state index in [0.29, 0.717) is 13.2 Å². The molecule has 0 saturated carbocycles. The Hall–Kier alpha value is -1.37. The second kappa shape index (κ2) is 7.93. The zero-order valence-electron chi connectivity index (χ0n) is 11.5. The first-order valence-corrected chi connectivity index (χ1v) is 6.23. The highest BCUT2D eigenvalue weighted by Crippen LogP contribution is 2.22. The topological polar surface area (TPSA) is 71.0 Å². The van der Waals surface area contributed by atoms with E-state index < -0.39 is 0 Å². The first kappa shape index (κ1) is 15.7. The highest BCUT2D eigenvalue weighted by molar-refractivity contribution is 5.74. The van der Waals surface area contributed by atoms with Crippen LogP contribution in [-0.2, 0) is 9.57 Å². The van der Waals surface area contributed by atoms with E-state index in [1.165, 1.54) is 0 Å². The number of amides is 2. The lowest BCUT2D eigenvalue weighted by Gasteiger charge is -2.36. The number of methoxy groups -OCH3 is 1. The first-order valence-electron chi connectivity index (χ1n) is 6.23. The van der Waals surface area contributed by atoms with E-state index in [-0.39, 0.29) is 31.2 Å². The molecule has 0 radical (unpaired) electrons. The third-order valence-corrected chi connectivity index (χ3v) is 3.03. The van der Waals surface area contributed by atoms with Gasteiger partial charge in [-0.3, -0.25) is 4.84 Å². The Bertz CT molecular complexity index is 344. The number of rotatable bonds is 6. The number of carbonyl (C=O) groups is 1. The number of carbonyl (C=O) groups excluding carboxylic acids is 1. The molecule has 2 atom stereocenters. The van der Waals surface area contributed by atoms with Crippen molar-refractivity contribution in [2.75, 3.05) is 33.5 Å². The summed E-state index contributed by atoms with van der Waals surface area (Å²) >= 11 is 0.